The van der Waals surface area contributed by atoms with Crippen LogP contribution in [0.4, 0.5) is 0 Å². The van der Waals surface area contributed by atoms with E-state index < -0.39 is 10.0 Å². The van der Waals surface area contributed by atoms with Gasteiger partial charge in [-0.15, -0.1) is 0 Å². The van der Waals surface area contributed by atoms with Crippen LogP contribution >= 0.6 is 0 Å². The molecule has 2 aromatic carbocycles. The highest BCUT2D eigenvalue weighted by Gasteiger charge is 2.27. The zero-order valence-electron chi connectivity index (χ0n) is 19.8. The van der Waals surface area contributed by atoms with E-state index in [0.29, 0.717) is 55.5 Å². The highest BCUT2D eigenvalue weighted by Crippen LogP contribution is 2.27. The van der Waals surface area contributed by atoms with Crippen molar-refractivity contribution in [1.29, 1.82) is 0 Å². The van der Waals surface area contributed by atoms with Gasteiger partial charge in [-0.3, -0.25) is 4.79 Å². The first-order chi connectivity index (χ1) is 16.3. The van der Waals surface area contributed by atoms with Crippen molar-refractivity contribution in [2.75, 3.05) is 47.1 Å². The first-order valence-electron chi connectivity index (χ1n) is 11.1. The number of nitrogens with one attached hydrogen (secondary N) is 1. The van der Waals surface area contributed by atoms with Crippen molar-refractivity contribution < 1.29 is 32.2 Å². The lowest BCUT2D eigenvalue weighted by Crippen LogP contribution is -2.40. The molecule has 0 radical (unpaired) electrons. The van der Waals surface area contributed by atoms with E-state index in [9.17, 15) is 13.2 Å². The second kappa shape index (κ2) is 12.0. The summed E-state index contributed by atoms with van der Waals surface area (Å²) in [6.45, 7) is 3.52. The Labute approximate surface area is 201 Å². The minimum absolute atomic E-state index is 0.167. The van der Waals surface area contributed by atoms with Crippen LogP contribution in [0.3, 0.4) is 0 Å². The zero-order valence-corrected chi connectivity index (χ0v) is 20.6. The molecule has 0 saturated carbocycles. The number of morpholine rings is 1. The molecule has 1 N–H and O–H groups in total. The Hall–Kier alpha value is -2.82. The number of ether oxygens (including phenoxy) is 4. The Morgan fingerprint density at radius 2 is 1.74 bits per heavy atom. The number of rotatable bonds is 11. The van der Waals surface area contributed by atoms with Crippen LogP contribution in [0.15, 0.2) is 47.4 Å². The SMILES string of the molecule is COc1ccc(S(=O)(=O)N2CCOCC2)cc1CCC(=O)NC(C)COc1ccccc1OC. The van der Waals surface area contributed by atoms with E-state index in [0.717, 1.165) is 0 Å². The summed E-state index contributed by atoms with van der Waals surface area (Å²) in [7, 11) is -0.544. The first-order valence-corrected chi connectivity index (χ1v) is 12.6. The van der Waals surface area contributed by atoms with E-state index in [1.54, 1.807) is 31.4 Å². The number of carbonyl (C=O) groups is 1. The Kier molecular flexibility index (Phi) is 9.14. The molecule has 1 atom stereocenters. The van der Waals surface area contributed by atoms with Crippen molar-refractivity contribution in [2.24, 2.45) is 0 Å². The number of carbonyl (C=O) groups excluding carboxylic acids is 1. The van der Waals surface area contributed by atoms with Crippen molar-refractivity contribution in [3.63, 3.8) is 0 Å². The van der Waals surface area contributed by atoms with E-state index in [-0.39, 0.29) is 29.9 Å². The van der Waals surface area contributed by atoms with Gasteiger partial charge in [-0.05, 0) is 49.2 Å². The number of benzene rings is 2. The summed E-state index contributed by atoms with van der Waals surface area (Å²) < 4.78 is 49.1. The van der Waals surface area contributed by atoms with Crippen molar-refractivity contribution in [2.45, 2.75) is 30.7 Å². The largest absolute Gasteiger partial charge is 0.496 e. The Bertz CT molecular complexity index is 1070. The van der Waals surface area contributed by atoms with Crippen LogP contribution in [0.2, 0.25) is 0 Å². The van der Waals surface area contributed by atoms with Crippen LogP contribution in [0, 0.1) is 0 Å². The summed E-state index contributed by atoms with van der Waals surface area (Å²) in [5, 5.41) is 2.91. The zero-order chi connectivity index (χ0) is 24.6. The van der Waals surface area contributed by atoms with Gasteiger partial charge in [0.25, 0.3) is 0 Å². The molecule has 1 aliphatic rings. The summed E-state index contributed by atoms with van der Waals surface area (Å²) in [5.41, 5.74) is 0.657. The predicted octanol–water partition coefficient (Wildman–Crippen LogP) is 2.24. The molecular weight excluding hydrogens is 460 g/mol. The second-order valence-electron chi connectivity index (χ2n) is 7.92. The molecule has 1 heterocycles. The summed E-state index contributed by atoms with van der Waals surface area (Å²) >= 11 is 0. The Morgan fingerprint density at radius 3 is 2.41 bits per heavy atom. The lowest BCUT2D eigenvalue weighted by molar-refractivity contribution is -0.121. The molecule has 9 nitrogen and oxygen atoms in total. The number of nitrogens with zero attached hydrogens (tertiary/aromatic N) is 1. The molecule has 0 bridgehead atoms. The van der Waals surface area contributed by atoms with Crippen LogP contribution in [-0.2, 0) is 26.0 Å². The van der Waals surface area contributed by atoms with E-state index in [1.807, 2.05) is 19.1 Å². The number of hydrogen-bond donors (Lipinski definition) is 1. The van der Waals surface area contributed by atoms with Gasteiger partial charge in [-0.25, -0.2) is 8.42 Å². The minimum atomic E-state index is -3.64. The van der Waals surface area contributed by atoms with Gasteiger partial charge in [0.2, 0.25) is 15.9 Å². The molecule has 0 aromatic heterocycles. The van der Waals surface area contributed by atoms with Crippen LogP contribution in [0.5, 0.6) is 17.2 Å². The summed E-state index contributed by atoms with van der Waals surface area (Å²) in [6.07, 6.45) is 0.512. The van der Waals surface area contributed by atoms with Crippen LogP contribution in [0.1, 0.15) is 18.9 Å². The molecule has 34 heavy (non-hydrogen) atoms. The van der Waals surface area contributed by atoms with E-state index in [4.69, 9.17) is 18.9 Å². The van der Waals surface area contributed by atoms with Gasteiger partial charge in [-0.1, -0.05) is 12.1 Å². The van der Waals surface area contributed by atoms with Crippen molar-refractivity contribution in [1.82, 2.24) is 9.62 Å². The van der Waals surface area contributed by atoms with Crippen LogP contribution in [0.25, 0.3) is 0 Å². The maximum Gasteiger partial charge on any atom is 0.243 e. The molecule has 1 aliphatic heterocycles. The average molecular weight is 493 g/mol. The molecule has 1 saturated heterocycles. The third-order valence-corrected chi connectivity index (χ3v) is 7.34. The van der Waals surface area contributed by atoms with E-state index in [1.165, 1.54) is 17.5 Å². The molecule has 1 amide bonds. The standard InChI is InChI=1S/C24H32N2O7S/c1-18(17-33-23-7-5-4-6-22(23)31-3)25-24(27)11-8-19-16-20(9-10-21(19)30-2)34(28,29)26-12-14-32-15-13-26/h4-7,9-10,16,18H,8,11-15,17H2,1-3H3,(H,25,27). The van der Waals surface area contributed by atoms with Crippen LogP contribution in [-0.4, -0.2) is 71.8 Å². The van der Waals surface area contributed by atoms with Gasteiger partial charge in [-0.2, -0.15) is 4.31 Å². The maximum atomic E-state index is 13.0. The highest BCUT2D eigenvalue weighted by molar-refractivity contribution is 7.89. The first kappa shape index (κ1) is 25.8. The van der Waals surface area contributed by atoms with Gasteiger partial charge >= 0.3 is 0 Å². The molecular formula is C24H32N2O7S. The summed E-state index contributed by atoms with van der Waals surface area (Å²) in [4.78, 5) is 12.7. The monoisotopic (exact) mass is 492 g/mol. The van der Waals surface area contributed by atoms with Gasteiger partial charge in [0, 0.05) is 19.5 Å². The minimum Gasteiger partial charge on any atom is -0.496 e. The third kappa shape index (κ3) is 6.62. The lowest BCUT2D eigenvalue weighted by Gasteiger charge is -2.26. The Morgan fingerprint density at radius 1 is 1.06 bits per heavy atom. The summed E-state index contributed by atoms with van der Waals surface area (Å²) in [6, 6.07) is 11.8. The maximum absolute atomic E-state index is 13.0. The molecule has 186 valence electrons. The van der Waals surface area contributed by atoms with Crippen molar-refractivity contribution in [3.05, 3.63) is 48.0 Å². The van der Waals surface area contributed by atoms with Gasteiger partial charge in [0.05, 0.1) is 38.4 Å². The van der Waals surface area contributed by atoms with Gasteiger partial charge < -0.3 is 24.3 Å². The number of hydrogen-bond acceptors (Lipinski definition) is 7. The topological polar surface area (TPSA) is 103 Å². The number of para-hydroxylation sites is 2. The fourth-order valence-corrected chi connectivity index (χ4v) is 5.10. The molecule has 10 heteroatoms. The fraction of sp³-hybridized carbons (Fsp3) is 0.458. The van der Waals surface area contributed by atoms with Gasteiger partial charge in [0.15, 0.2) is 11.5 Å². The van der Waals surface area contributed by atoms with Gasteiger partial charge in [0.1, 0.15) is 12.4 Å². The highest BCUT2D eigenvalue weighted by atomic mass is 32.2. The Balaban J connectivity index is 1.58. The smallest absolute Gasteiger partial charge is 0.243 e. The molecule has 3 rings (SSSR count). The molecule has 0 spiro atoms. The summed E-state index contributed by atoms with van der Waals surface area (Å²) in [5.74, 6) is 1.61. The normalized spacial score (nSPS) is 15.4. The van der Waals surface area contributed by atoms with E-state index >= 15 is 0 Å². The number of amides is 1. The lowest BCUT2D eigenvalue weighted by atomic mass is 10.1. The number of sulfonamides is 1. The molecule has 2 aromatic rings. The second-order valence-corrected chi connectivity index (χ2v) is 9.86. The quantitative estimate of drug-likeness (QED) is 0.513. The molecule has 1 fully saturated rings. The van der Waals surface area contributed by atoms with Crippen molar-refractivity contribution >= 4 is 15.9 Å². The molecule has 1 unspecified atom stereocenters. The number of methoxy groups -OCH3 is 2. The fourth-order valence-electron chi connectivity index (χ4n) is 3.64. The average Bonchev–Trinajstić information content (AvgIpc) is 2.86. The molecule has 0 aliphatic carbocycles. The van der Waals surface area contributed by atoms with E-state index in [2.05, 4.69) is 5.32 Å². The third-order valence-electron chi connectivity index (χ3n) is 5.45. The van der Waals surface area contributed by atoms with Crippen molar-refractivity contribution in [3.8, 4) is 17.2 Å². The van der Waals surface area contributed by atoms with Crippen LogP contribution < -0.4 is 19.5 Å². The predicted molar refractivity (Wildman–Crippen MR) is 127 cm³/mol. The number of aryl methyl sites for hydroxylation is 1.